The van der Waals surface area contributed by atoms with Crippen LogP contribution in [0.5, 0.6) is 5.75 Å². The normalized spacial score (nSPS) is 12.2. The minimum Gasteiger partial charge on any atom is -0.497 e. The van der Waals surface area contributed by atoms with Crippen molar-refractivity contribution in [3.8, 4) is 5.75 Å². The van der Waals surface area contributed by atoms with Crippen LogP contribution in [0.1, 0.15) is 31.9 Å². The van der Waals surface area contributed by atoms with Gasteiger partial charge in [0.1, 0.15) is 18.3 Å². The van der Waals surface area contributed by atoms with Crippen LogP contribution in [0.2, 0.25) is 0 Å². The second kappa shape index (κ2) is 11.9. The summed E-state index contributed by atoms with van der Waals surface area (Å²) >= 11 is 0. The Kier molecular flexibility index (Phi) is 9.49. The molecule has 0 radical (unpaired) electrons. The summed E-state index contributed by atoms with van der Waals surface area (Å²) in [5.74, 6) is 0.157. The highest BCUT2D eigenvalue weighted by Gasteiger charge is 2.30. The third kappa shape index (κ3) is 7.48. The van der Waals surface area contributed by atoms with Gasteiger partial charge in [0.15, 0.2) is 0 Å². The van der Waals surface area contributed by atoms with Crippen LogP contribution < -0.4 is 14.4 Å². The standard InChI is InChI=1S/C25H35N3O5S/c1-18(2)15-26-25(30)20(4)27(16-21-11-13-22(33-5)14-12-21)24(29)17-28(34(6,31)32)23-10-8-7-9-19(23)3/h7-14,18,20H,15-17H2,1-6H3,(H,26,30). The topological polar surface area (TPSA) is 96.0 Å². The van der Waals surface area contributed by atoms with Gasteiger partial charge in [-0.3, -0.25) is 13.9 Å². The molecule has 8 nitrogen and oxygen atoms in total. The number of sulfonamides is 1. The molecule has 0 saturated heterocycles. The summed E-state index contributed by atoms with van der Waals surface area (Å²) in [5.41, 5.74) is 1.95. The summed E-state index contributed by atoms with van der Waals surface area (Å²) in [5, 5.41) is 2.86. The van der Waals surface area contributed by atoms with E-state index in [4.69, 9.17) is 4.74 Å². The number of carbonyl (C=O) groups excluding carboxylic acids is 2. The van der Waals surface area contributed by atoms with Crippen molar-refractivity contribution in [3.63, 3.8) is 0 Å². The molecule has 0 aliphatic carbocycles. The molecule has 0 aliphatic heterocycles. The summed E-state index contributed by atoms with van der Waals surface area (Å²) in [4.78, 5) is 27.8. The molecule has 0 bridgehead atoms. The molecule has 2 aromatic carbocycles. The van der Waals surface area contributed by atoms with Gasteiger partial charge >= 0.3 is 0 Å². The van der Waals surface area contributed by atoms with Crippen LogP contribution in [-0.2, 0) is 26.2 Å². The van der Waals surface area contributed by atoms with Crippen molar-refractivity contribution in [2.75, 3.05) is 30.8 Å². The molecule has 9 heteroatoms. The fourth-order valence-electron chi connectivity index (χ4n) is 3.40. The van der Waals surface area contributed by atoms with E-state index in [9.17, 15) is 18.0 Å². The first-order chi connectivity index (χ1) is 15.9. The number of methoxy groups -OCH3 is 1. The number of carbonyl (C=O) groups is 2. The molecular weight excluding hydrogens is 454 g/mol. The zero-order valence-electron chi connectivity index (χ0n) is 20.7. The lowest BCUT2D eigenvalue weighted by atomic mass is 10.1. The lowest BCUT2D eigenvalue weighted by Gasteiger charge is -2.32. The number of nitrogens with zero attached hydrogens (tertiary/aromatic N) is 2. The zero-order chi connectivity index (χ0) is 25.5. The summed E-state index contributed by atoms with van der Waals surface area (Å²) < 4.78 is 31.5. The number of hydrogen-bond acceptors (Lipinski definition) is 5. The largest absolute Gasteiger partial charge is 0.497 e. The highest BCUT2D eigenvalue weighted by atomic mass is 32.2. The molecule has 186 valence electrons. The van der Waals surface area contributed by atoms with Crippen LogP contribution in [0.25, 0.3) is 0 Å². The number of anilines is 1. The van der Waals surface area contributed by atoms with Crippen LogP contribution in [0.4, 0.5) is 5.69 Å². The number of nitrogens with one attached hydrogen (secondary N) is 1. The lowest BCUT2D eigenvalue weighted by molar-refractivity contribution is -0.139. The van der Waals surface area contributed by atoms with E-state index >= 15 is 0 Å². The van der Waals surface area contributed by atoms with Crippen LogP contribution in [0, 0.1) is 12.8 Å². The SMILES string of the molecule is COc1ccc(CN(C(=O)CN(c2ccccc2C)S(C)(=O)=O)C(C)C(=O)NCC(C)C)cc1. The Morgan fingerprint density at radius 1 is 1.03 bits per heavy atom. The van der Waals surface area contributed by atoms with Crippen molar-refractivity contribution in [3.05, 3.63) is 59.7 Å². The van der Waals surface area contributed by atoms with Crippen molar-refractivity contribution in [1.82, 2.24) is 10.2 Å². The van der Waals surface area contributed by atoms with Gasteiger partial charge in [-0.1, -0.05) is 44.2 Å². The first-order valence-corrected chi connectivity index (χ1v) is 13.0. The molecule has 0 aromatic heterocycles. The molecule has 0 heterocycles. The van der Waals surface area contributed by atoms with Crippen molar-refractivity contribution in [2.45, 2.75) is 40.3 Å². The average molecular weight is 490 g/mol. The molecule has 2 amide bonds. The van der Waals surface area contributed by atoms with Gasteiger partial charge in [-0.15, -0.1) is 0 Å². The predicted octanol–water partition coefficient (Wildman–Crippen LogP) is 2.96. The zero-order valence-corrected chi connectivity index (χ0v) is 21.6. The molecule has 34 heavy (non-hydrogen) atoms. The van der Waals surface area contributed by atoms with Crippen LogP contribution in [-0.4, -0.2) is 57.6 Å². The summed E-state index contributed by atoms with van der Waals surface area (Å²) in [6.45, 7) is 7.61. The van der Waals surface area contributed by atoms with E-state index in [-0.39, 0.29) is 18.4 Å². The molecule has 0 spiro atoms. The maximum absolute atomic E-state index is 13.5. The molecule has 0 fully saturated rings. The Labute approximate surface area is 202 Å². The number of benzene rings is 2. The minimum absolute atomic E-state index is 0.143. The van der Waals surface area contributed by atoms with Gasteiger partial charge in [0, 0.05) is 13.1 Å². The first kappa shape index (κ1) is 27.2. The van der Waals surface area contributed by atoms with Crippen molar-refractivity contribution in [2.24, 2.45) is 5.92 Å². The maximum atomic E-state index is 13.5. The quantitative estimate of drug-likeness (QED) is 0.524. The smallest absolute Gasteiger partial charge is 0.244 e. The Morgan fingerprint density at radius 3 is 2.18 bits per heavy atom. The summed E-state index contributed by atoms with van der Waals surface area (Å²) in [7, 11) is -2.18. The predicted molar refractivity (Wildman–Crippen MR) is 134 cm³/mol. The number of rotatable bonds is 11. The monoisotopic (exact) mass is 489 g/mol. The molecule has 1 atom stereocenters. The van der Waals surface area contributed by atoms with E-state index in [1.165, 1.54) is 4.90 Å². The van der Waals surface area contributed by atoms with Gasteiger partial charge < -0.3 is 15.0 Å². The number of para-hydroxylation sites is 1. The van der Waals surface area contributed by atoms with Crippen LogP contribution in [0.15, 0.2) is 48.5 Å². The number of hydrogen-bond donors (Lipinski definition) is 1. The Bertz CT molecular complexity index is 1080. The molecule has 0 aliphatic rings. The van der Waals surface area contributed by atoms with E-state index < -0.39 is 28.5 Å². The van der Waals surface area contributed by atoms with Gasteiger partial charge in [0.2, 0.25) is 21.8 Å². The van der Waals surface area contributed by atoms with Crippen molar-refractivity contribution < 1.29 is 22.7 Å². The maximum Gasteiger partial charge on any atom is 0.244 e. The van der Waals surface area contributed by atoms with Crippen molar-refractivity contribution >= 4 is 27.5 Å². The average Bonchev–Trinajstić information content (AvgIpc) is 2.79. The minimum atomic E-state index is -3.75. The molecule has 2 rings (SSSR count). The first-order valence-electron chi connectivity index (χ1n) is 11.2. The highest BCUT2D eigenvalue weighted by molar-refractivity contribution is 7.92. The van der Waals surface area contributed by atoms with Crippen molar-refractivity contribution in [1.29, 1.82) is 0 Å². The van der Waals surface area contributed by atoms with E-state index in [2.05, 4.69) is 5.32 Å². The van der Waals surface area contributed by atoms with Crippen LogP contribution in [0.3, 0.4) is 0 Å². The van der Waals surface area contributed by atoms with Crippen LogP contribution >= 0.6 is 0 Å². The fourth-order valence-corrected chi connectivity index (χ4v) is 4.31. The van der Waals surface area contributed by atoms with E-state index in [0.717, 1.165) is 21.7 Å². The van der Waals surface area contributed by atoms with E-state index in [1.807, 2.05) is 26.0 Å². The molecule has 1 N–H and O–H groups in total. The third-order valence-electron chi connectivity index (χ3n) is 5.43. The summed E-state index contributed by atoms with van der Waals surface area (Å²) in [6.07, 6.45) is 1.07. The van der Waals surface area contributed by atoms with Gasteiger partial charge in [-0.2, -0.15) is 0 Å². The molecule has 2 aromatic rings. The number of ether oxygens (including phenoxy) is 1. The summed E-state index contributed by atoms with van der Waals surface area (Å²) in [6, 6.07) is 13.4. The molecule has 0 saturated carbocycles. The fraction of sp³-hybridized carbons (Fsp3) is 0.440. The second-order valence-corrected chi connectivity index (χ2v) is 10.6. The Hall–Kier alpha value is -3.07. The number of amides is 2. The highest BCUT2D eigenvalue weighted by Crippen LogP contribution is 2.23. The Morgan fingerprint density at radius 2 is 1.65 bits per heavy atom. The molecule has 1 unspecified atom stereocenters. The third-order valence-corrected chi connectivity index (χ3v) is 6.55. The van der Waals surface area contributed by atoms with Gasteiger partial charge in [-0.05, 0) is 49.1 Å². The van der Waals surface area contributed by atoms with E-state index in [1.54, 1.807) is 57.4 Å². The van der Waals surface area contributed by atoms with Gasteiger partial charge in [-0.25, -0.2) is 8.42 Å². The van der Waals surface area contributed by atoms with Gasteiger partial charge in [0.25, 0.3) is 0 Å². The lowest BCUT2D eigenvalue weighted by Crippen LogP contribution is -2.51. The van der Waals surface area contributed by atoms with E-state index in [0.29, 0.717) is 18.0 Å². The number of aryl methyl sites for hydroxylation is 1. The second-order valence-electron chi connectivity index (χ2n) is 8.74. The van der Waals surface area contributed by atoms with Gasteiger partial charge in [0.05, 0.1) is 19.1 Å². The Balaban J connectivity index is 2.37. The molecular formula is C25H35N3O5S.